The van der Waals surface area contributed by atoms with Crippen molar-refractivity contribution in [3.63, 3.8) is 0 Å². The highest BCUT2D eigenvalue weighted by Crippen LogP contribution is 2.56. The lowest BCUT2D eigenvalue weighted by Crippen LogP contribution is -2.33. The van der Waals surface area contributed by atoms with Gasteiger partial charge in [0.15, 0.2) is 0 Å². The smallest absolute Gasteiger partial charge is 0.312 e. The van der Waals surface area contributed by atoms with E-state index in [2.05, 4.69) is 24.0 Å². The van der Waals surface area contributed by atoms with Crippen LogP contribution in [-0.2, 0) is 9.53 Å². The van der Waals surface area contributed by atoms with Crippen LogP contribution in [0.1, 0.15) is 38.3 Å². The third kappa shape index (κ3) is 2.65. The summed E-state index contributed by atoms with van der Waals surface area (Å²) in [6, 6.07) is 10.3. The Balaban J connectivity index is 1.71. The predicted octanol–water partition coefficient (Wildman–Crippen LogP) is 3.36. The number of carbonyl (C=O) groups is 1. The maximum absolute atomic E-state index is 14.6. The van der Waals surface area contributed by atoms with Gasteiger partial charge in [-0.15, -0.1) is 0 Å². The molecule has 2 aliphatic rings. The van der Waals surface area contributed by atoms with E-state index in [1.807, 2.05) is 18.2 Å². The normalized spacial score (nSPS) is 28.3. The van der Waals surface area contributed by atoms with Crippen LogP contribution in [0.4, 0.5) is 4.39 Å². The molecular weight excluding hydrogens is 281 g/mol. The molecule has 0 N–H and O–H groups in total. The van der Waals surface area contributed by atoms with Crippen LogP contribution >= 0.6 is 0 Å². The van der Waals surface area contributed by atoms with E-state index in [0.717, 1.165) is 12.8 Å². The Kier molecular flexibility index (Phi) is 4.22. The Morgan fingerprint density at radius 2 is 2.05 bits per heavy atom. The van der Waals surface area contributed by atoms with E-state index < -0.39 is 11.6 Å². The van der Waals surface area contributed by atoms with E-state index in [-0.39, 0.29) is 17.9 Å². The number of rotatable bonds is 5. The van der Waals surface area contributed by atoms with Gasteiger partial charge in [0.05, 0.1) is 12.0 Å². The largest absolute Gasteiger partial charge is 0.466 e. The van der Waals surface area contributed by atoms with E-state index >= 15 is 0 Å². The third-order valence-corrected chi connectivity index (χ3v) is 5.29. The van der Waals surface area contributed by atoms with Crippen molar-refractivity contribution in [3.05, 3.63) is 35.9 Å². The summed E-state index contributed by atoms with van der Waals surface area (Å²) in [5.74, 6) is -0.422. The summed E-state index contributed by atoms with van der Waals surface area (Å²) >= 11 is 0. The van der Waals surface area contributed by atoms with Crippen LogP contribution in [0, 0.1) is 11.3 Å². The molecule has 0 spiro atoms. The third-order valence-electron chi connectivity index (χ3n) is 5.29. The van der Waals surface area contributed by atoms with Crippen molar-refractivity contribution in [3.8, 4) is 0 Å². The standard InChI is InChI=1S/C18H24FNO2/c1-3-22-17(21)18(9-10-18)15-11-20(12-16(15)19)13(2)14-7-5-4-6-8-14/h4-8,13,15-16H,3,9-12H2,1-2H3/t13-,15-,16-/m0/s1. The average molecular weight is 305 g/mol. The molecule has 1 saturated carbocycles. The molecule has 1 aromatic rings. The number of halogens is 1. The molecule has 3 atom stereocenters. The highest BCUT2D eigenvalue weighted by molar-refractivity contribution is 5.80. The lowest BCUT2D eigenvalue weighted by atomic mass is 9.87. The Bertz CT molecular complexity index is 529. The van der Waals surface area contributed by atoms with Gasteiger partial charge in [-0.05, 0) is 32.3 Å². The molecule has 0 unspecified atom stereocenters. The van der Waals surface area contributed by atoms with E-state index in [1.54, 1.807) is 6.92 Å². The summed E-state index contributed by atoms with van der Waals surface area (Å²) in [6.07, 6.45) is 0.590. The van der Waals surface area contributed by atoms with E-state index in [0.29, 0.717) is 19.7 Å². The molecule has 0 radical (unpaired) electrons. The summed E-state index contributed by atoms with van der Waals surface area (Å²) in [6.45, 7) is 5.32. The van der Waals surface area contributed by atoms with Crippen LogP contribution in [0.2, 0.25) is 0 Å². The number of hydrogen-bond acceptors (Lipinski definition) is 3. The minimum atomic E-state index is -0.946. The summed E-state index contributed by atoms with van der Waals surface area (Å²) in [5, 5.41) is 0. The Morgan fingerprint density at radius 3 is 2.64 bits per heavy atom. The Labute approximate surface area is 131 Å². The van der Waals surface area contributed by atoms with Gasteiger partial charge in [0.25, 0.3) is 0 Å². The summed E-state index contributed by atoms with van der Waals surface area (Å²) in [5.41, 5.74) is 0.636. The monoisotopic (exact) mass is 305 g/mol. The van der Waals surface area contributed by atoms with E-state index in [1.165, 1.54) is 5.56 Å². The van der Waals surface area contributed by atoms with Gasteiger partial charge in [-0.2, -0.15) is 0 Å². The Morgan fingerprint density at radius 1 is 1.36 bits per heavy atom. The van der Waals surface area contributed by atoms with Gasteiger partial charge < -0.3 is 4.74 Å². The van der Waals surface area contributed by atoms with Crippen molar-refractivity contribution in [2.24, 2.45) is 11.3 Å². The zero-order chi connectivity index (χ0) is 15.7. The highest BCUT2D eigenvalue weighted by Gasteiger charge is 2.61. The van der Waals surface area contributed by atoms with Crippen LogP contribution < -0.4 is 0 Å². The second kappa shape index (κ2) is 5.99. The van der Waals surface area contributed by atoms with Gasteiger partial charge in [0.1, 0.15) is 6.17 Å². The second-order valence-corrected chi connectivity index (χ2v) is 6.54. The quantitative estimate of drug-likeness (QED) is 0.781. The number of benzene rings is 1. The lowest BCUT2D eigenvalue weighted by molar-refractivity contribution is -0.152. The highest BCUT2D eigenvalue weighted by atomic mass is 19.1. The fourth-order valence-corrected chi connectivity index (χ4v) is 3.71. The lowest BCUT2D eigenvalue weighted by Gasteiger charge is -2.26. The average Bonchev–Trinajstić information content (AvgIpc) is 3.25. The van der Waals surface area contributed by atoms with Crippen molar-refractivity contribution >= 4 is 5.97 Å². The molecule has 4 heteroatoms. The molecule has 0 amide bonds. The van der Waals surface area contributed by atoms with Gasteiger partial charge in [-0.1, -0.05) is 30.3 Å². The van der Waals surface area contributed by atoms with Crippen molar-refractivity contribution in [2.45, 2.75) is 38.9 Å². The number of likely N-dealkylation sites (tertiary alicyclic amines) is 1. The summed E-state index contributed by atoms with van der Waals surface area (Å²) in [4.78, 5) is 14.4. The maximum atomic E-state index is 14.6. The zero-order valence-corrected chi connectivity index (χ0v) is 13.3. The van der Waals surface area contributed by atoms with Crippen molar-refractivity contribution in [2.75, 3.05) is 19.7 Å². The fourth-order valence-electron chi connectivity index (χ4n) is 3.71. The topological polar surface area (TPSA) is 29.5 Å². The van der Waals surface area contributed by atoms with Crippen LogP contribution in [0.3, 0.4) is 0 Å². The molecule has 22 heavy (non-hydrogen) atoms. The van der Waals surface area contributed by atoms with Crippen molar-refractivity contribution in [1.82, 2.24) is 4.90 Å². The van der Waals surface area contributed by atoms with E-state index in [4.69, 9.17) is 4.74 Å². The number of esters is 1. The fraction of sp³-hybridized carbons (Fsp3) is 0.611. The first-order valence-corrected chi connectivity index (χ1v) is 8.19. The number of hydrogen-bond donors (Lipinski definition) is 0. The van der Waals surface area contributed by atoms with Gasteiger partial charge in [-0.25, -0.2) is 4.39 Å². The number of carbonyl (C=O) groups excluding carboxylic acids is 1. The summed E-state index contributed by atoms with van der Waals surface area (Å²) < 4.78 is 19.8. The SMILES string of the molecule is CCOC(=O)C1([C@H]2CN([C@@H](C)c3ccccc3)C[C@@H]2F)CC1. The molecule has 1 aromatic carbocycles. The second-order valence-electron chi connectivity index (χ2n) is 6.54. The van der Waals surface area contributed by atoms with Crippen LogP contribution in [-0.4, -0.2) is 36.7 Å². The van der Waals surface area contributed by atoms with Gasteiger partial charge in [0.2, 0.25) is 0 Å². The minimum absolute atomic E-state index is 0.169. The molecule has 0 aromatic heterocycles. The molecular formula is C18H24FNO2. The summed E-state index contributed by atoms with van der Waals surface area (Å²) in [7, 11) is 0. The molecule has 3 rings (SSSR count). The first-order chi connectivity index (χ1) is 10.6. The molecule has 2 fully saturated rings. The molecule has 1 aliphatic heterocycles. The van der Waals surface area contributed by atoms with Crippen LogP contribution in [0.25, 0.3) is 0 Å². The number of nitrogens with zero attached hydrogens (tertiary/aromatic N) is 1. The first kappa shape index (κ1) is 15.5. The molecule has 1 heterocycles. The van der Waals surface area contributed by atoms with Gasteiger partial charge in [-0.3, -0.25) is 9.69 Å². The van der Waals surface area contributed by atoms with Gasteiger partial charge in [0, 0.05) is 25.0 Å². The zero-order valence-electron chi connectivity index (χ0n) is 13.3. The minimum Gasteiger partial charge on any atom is -0.466 e. The molecule has 1 saturated heterocycles. The molecule has 1 aliphatic carbocycles. The van der Waals surface area contributed by atoms with Crippen LogP contribution in [0.5, 0.6) is 0 Å². The van der Waals surface area contributed by atoms with Gasteiger partial charge >= 0.3 is 5.97 Å². The molecule has 0 bridgehead atoms. The number of alkyl halides is 1. The maximum Gasteiger partial charge on any atom is 0.312 e. The van der Waals surface area contributed by atoms with E-state index in [9.17, 15) is 9.18 Å². The van der Waals surface area contributed by atoms with Crippen LogP contribution in [0.15, 0.2) is 30.3 Å². The van der Waals surface area contributed by atoms with Crippen molar-refractivity contribution in [1.29, 1.82) is 0 Å². The number of ether oxygens (including phenoxy) is 1. The van der Waals surface area contributed by atoms with Crippen molar-refractivity contribution < 1.29 is 13.9 Å². The first-order valence-electron chi connectivity index (χ1n) is 8.19. The predicted molar refractivity (Wildman–Crippen MR) is 83.1 cm³/mol. The molecule has 3 nitrogen and oxygen atoms in total. The Hall–Kier alpha value is -1.42. The molecule has 120 valence electrons.